The molecule has 2 heterocycles. The molecular formula is C14H19ClN2O2. The van der Waals surface area contributed by atoms with Crippen molar-refractivity contribution in [2.75, 3.05) is 6.61 Å². The molecule has 1 aromatic rings. The van der Waals surface area contributed by atoms with Crippen LogP contribution in [0.4, 0.5) is 0 Å². The van der Waals surface area contributed by atoms with E-state index in [9.17, 15) is 4.79 Å². The molecule has 2 aliphatic heterocycles. The summed E-state index contributed by atoms with van der Waals surface area (Å²) >= 11 is 0. The molecule has 0 aromatic heterocycles. The van der Waals surface area contributed by atoms with Crippen molar-refractivity contribution >= 4 is 18.3 Å². The van der Waals surface area contributed by atoms with Crippen LogP contribution in [0.15, 0.2) is 18.2 Å². The van der Waals surface area contributed by atoms with Crippen LogP contribution in [0.2, 0.25) is 0 Å². The molecule has 1 fully saturated rings. The van der Waals surface area contributed by atoms with Gasteiger partial charge < -0.3 is 15.4 Å². The molecule has 1 atom stereocenters. The number of benzene rings is 1. The Bertz CT molecular complexity index is 459. The number of carbonyl (C=O) groups excluding carboxylic acids is 1. The molecule has 3 rings (SSSR count). The molecule has 1 amide bonds. The van der Waals surface area contributed by atoms with Crippen LogP contribution in [0.5, 0.6) is 0 Å². The maximum absolute atomic E-state index is 11.8. The maximum Gasteiger partial charge on any atom is 0.249 e. The zero-order chi connectivity index (χ0) is 12.4. The van der Waals surface area contributed by atoms with Gasteiger partial charge in [-0.2, -0.15) is 0 Å². The van der Waals surface area contributed by atoms with Crippen LogP contribution in [-0.4, -0.2) is 18.6 Å². The van der Waals surface area contributed by atoms with E-state index in [1.54, 1.807) is 0 Å². The van der Waals surface area contributed by atoms with Crippen molar-refractivity contribution < 1.29 is 9.53 Å². The third-order valence-corrected chi connectivity index (χ3v) is 3.59. The molecule has 2 N–H and O–H groups in total. The van der Waals surface area contributed by atoms with E-state index in [4.69, 9.17) is 4.74 Å². The highest BCUT2D eigenvalue weighted by atomic mass is 35.5. The highest BCUT2D eigenvalue weighted by Crippen LogP contribution is 2.17. The van der Waals surface area contributed by atoms with Gasteiger partial charge in [-0.1, -0.05) is 18.2 Å². The van der Waals surface area contributed by atoms with E-state index in [0.717, 1.165) is 31.5 Å². The van der Waals surface area contributed by atoms with Crippen molar-refractivity contribution in [2.45, 2.75) is 38.6 Å². The van der Waals surface area contributed by atoms with E-state index in [0.29, 0.717) is 13.2 Å². The third kappa shape index (κ3) is 3.26. The lowest BCUT2D eigenvalue weighted by molar-refractivity contribution is -0.130. The first kappa shape index (κ1) is 14.3. The predicted octanol–water partition coefficient (Wildman–Crippen LogP) is 1.51. The van der Waals surface area contributed by atoms with Gasteiger partial charge in [0.05, 0.1) is 0 Å². The van der Waals surface area contributed by atoms with Gasteiger partial charge in [0, 0.05) is 26.2 Å². The van der Waals surface area contributed by atoms with E-state index >= 15 is 0 Å². The molecule has 1 unspecified atom stereocenters. The van der Waals surface area contributed by atoms with Crippen LogP contribution in [0.3, 0.4) is 0 Å². The number of carbonyl (C=O) groups is 1. The Morgan fingerprint density at radius 3 is 3.00 bits per heavy atom. The molecular weight excluding hydrogens is 264 g/mol. The van der Waals surface area contributed by atoms with Crippen LogP contribution in [-0.2, 0) is 29.2 Å². The molecule has 5 heteroatoms. The average molecular weight is 283 g/mol. The fraction of sp³-hybridized carbons (Fsp3) is 0.500. The Morgan fingerprint density at radius 2 is 2.21 bits per heavy atom. The summed E-state index contributed by atoms with van der Waals surface area (Å²) in [6.45, 7) is 3.19. The van der Waals surface area contributed by atoms with Gasteiger partial charge in [-0.3, -0.25) is 4.79 Å². The Morgan fingerprint density at radius 1 is 1.37 bits per heavy atom. The average Bonchev–Trinajstić information content (AvgIpc) is 3.05. The van der Waals surface area contributed by atoms with Crippen LogP contribution in [0.1, 0.15) is 29.5 Å². The van der Waals surface area contributed by atoms with Crippen molar-refractivity contribution in [3.63, 3.8) is 0 Å². The summed E-state index contributed by atoms with van der Waals surface area (Å²) in [6, 6.07) is 6.40. The summed E-state index contributed by atoms with van der Waals surface area (Å²) in [7, 11) is 0. The Labute approximate surface area is 119 Å². The number of halogens is 1. The Kier molecular flexibility index (Phi) is 4.80. The monoisotopic (exact) mass is 282 g/mol. The van der Waals surface area contributed by atoms with Crippen molar-refractivity contribution in [2.24, 2.45) is 0 Å². The molecule has 2 aliphatic rings. The first-order valence-electron chi connectivity index (χ1n) is 6.53. The first-order valence-corrected chi connectivity index (χ1v) is 6.53. The third-order valence-electron chi connectivity index (χ3n) is 3.59. The second-order valence-corrected chi connectivity index (χ2v) is 4.93. The van der Waals surface area contributed by atoms with Gasteiger partial charge in [0.1, 0.15) is 6.10 Å². The number of ether oxygens (including phenoxy) is 1. The largest absolute Gasteiger partial charge is 0.368 e. The smallest absolute Gasteiger partial charge is 0.249 e. The Balaban J connectivity index is 0.00000133. The van der Waals surface area contributed by atoms with E-state index in [1.807, 2.05) is 0 Å². The number of fused-ring (bicyclic) bond motifs is 1. The first-order chi connectivity index (χ1) is 8.83. The zero-order valence-corrected chi connectivity index (χ0v) is 11.6. The number of nitrogens with one attached hydrogen (secondary N) is 2. The summed E-state index contributed by atoms with van der Waals surface area (Å²) in [5.74, 6) is 0.0196. The summed E-state index contributed by atoms with van der Waals surface area (Å²) < 4.78 is 5.36. The molecule has 19 heavy (non-hydrogen) atoms. The maximum atomic E-state index is 11.8. The van der Waals surface area contributed by atoms with Gasteiger partial charge in [-0.05, 0) is 29.5 Å². The molecule has 0 aliphatic carbocycles. The van der Waals surface area contributed by atoms with Gasteiger partial charge >= 0.3 is 0 Å². The molecule has 104 valence electrons. The summed E-state index contributed by atoms with van der Waals surface area (Å²) in [6.07, 6.45) is 1.60. The van der Waals surface area contributed by atoms with Gasteiger partial charge in [0.15, 0.2) is 0 Å². The lowest BCUT2D eigenvalue weighted by atomic mass is 10.1. The molecule has 4 nitrogen and oxygen atoms in total. The summed E-state index contributed by atoms with van der Waals surface area (Å²) in [5, 5.41) is 6.26. The lowest BCUT2D eigenvalue weighted by Gasteiger charge is -2.11. The van der Waals surface area contributed by atoms with E-state index in [-0.39, 0.29) is 24.4 Å². The fourth-order valence-electron chi connectivity index (χ4n) is 2.55. The van der Waals surface area contributed by atoms with Gasteiger partial charge in [0.25, 0.3) is 0 Å². The minimum absolute atomic E-state index is 0. The number of amides is 1. The quantitative estimate of drug-likeness (QED) is 0.883. The van der Waals surface area contributed by atoms with Crippen molar-refractivity contribution in [1.82, 2.24) is 10.6 Å². The van der Waals surface area contributed by atoms with E-state index < -0.39 is 0 Å². The SMILES string of the molecule is Cl.O=C(NCc1ccc2c(c1)CNC2)C1CCCO1. The Hall–Kier alpha value is -1.10. The molecule has 0 radical (unpaired) electrons. The summed E-state index contributed by atoms with van der Waals surface area (Å²) in [5.41, 5.74) is 3.87. The number of hydrogen-bond acceptors (Lipinski definition) is 3. The van der Waals surface area contributed by atoms with Crippen molar-refractivity contribution in [3.05, 3.63) is 34.9 Å². The van der Waals surface area contributed by atoms with Crippen molar-refractivity contribution in [1.29, 1.82) is 0 Å². The van der Waals surface area contributed by atoms with Crippen molar-refractivity contribution in [3.8, 4) is 0 Å². The van der Waals surface area contributed by atoms with E-state index in [2.05, 4.69) is 28.8 Å². The van der Waals surface area contributed by atoms with E-state index in [1.165, 1.54) is 11.1 Å². The van der Waals surface area contributed by atoms with Crippen LogP contribution in [0, 0.1) is 0 Å². The molecule has 0 bridgehead atoms. The lowest BCUT2D eigenvalue weighted by Crippen LogP contribution is -2.33. The zero-order valence-electron chi connectivity index (χ0n) is 10.8. The minimum Gasteiger partial charge on any atom is -0.368 e. The van der Waals surface area contributed by atoms with Gasteiger partial charge in [-0.25, -0.2) is 0 Å². The molecule has 1 aromatic carbocycles. The minimum atomic E-state index is -0.235. The van der Waals surface area contributed by atoms with Crippen LogP contribution < -0.4 is 10.6 Å². The second kappa shape index (κ2) is 6.37. The highest BCUT2D eigenvalue weighted by molar-refractivity contribution is 5.85. The molecule has 0 saturated carbocycles. The molecule has 0 spiro atoms. The topological polar surface area (TPSA) is 50.4 Å². The second-order valence-electron chi connectivity index (χ2n) is 4.93. The van der Waals surface area contributed by atoms with Crippen LogP contribution in [0.25, 0.3) is 0 Å². The predicted molar refractivity (Wildman–Crippen MR) is 75.1 cm³/mol. The highest BCUT2D eigenvalue weighted by Gasteiger charge is 2.23. The van der Waals surface area contributed by atoms with Gasteiger partial charge in [0.2, 0.25) is 5.91 Å². The molecule has 1 saturated heterocycles. The normalized spacial score (nSPS) is 20.7. The standard InChI is InChI=1S/C14H18N2O2.ClH/c17-14(13-2-1-5-18-13)16-7-10-3-4-11-8-15-9-12(11)6-10;/h3-4,6,13,15H,1-2,5,7-9H2,(H,16,17);1H. The summed E-state index contributed by atoms with van der Waals surface area (Å²) in [4.78, 5) is 11.8. The van der Waals surface area contributed by atoms with Crippen LogP contribution >= 0.6 is 12.4 Å². The number of rotatable bonds is 3. The van der Waals surface area contributed by atoms with Gasteiger partial charge in [-0.15, -0.1) is 12.4 Å². The fourth-order valence-corrected chi connectivity index (χ4v) is 2.55. The number of hydrogen-bond donors (Lipinski definition) is 2.